The van der Waals surface area contributed by atoms with Crippen LogP contribution in [0.2, 0.25) is 0 Å². The lowest BCUT2D eigenvalue weighted by molar-refractivity contribution is -0.145. The number of carbonyl (C=O) groups excluding carboxylic acids is 3. The van der Waals surface area contributed by atoms with E-state index in [1.165, 1.54) is 6.08 Å². The van der Waals surface area contributed by atoms with Gasteiger partial charge in [-0.1, -0.05) is 116 Å². The summed E-state index contributed by atoms with van der Waals surface area (Å²) in [5, 5.41) is 5.56. The summed E-state index contributed by atoms with van der Waals surface area (Å²) < 4.78 is 16.7. The van der Waals surface area contributed by atoms with Crippen LogP contribution >= 0.6 is 0 Å². The molecule has 12 nitrogen and oxygen atoms in total. The van der Waals surface area contributed by atoms with Gasteiger partial charge >= 0.3 is 12.1 Å². The highest BCUT2D eigenvalue weighted by Gasteiger charge is 2.25. The van der Waals surface area contributed by atoms with E-state index in [9.17, 15) is 14.4 Å². The Balaban J connectivity index is 0.964. The third kappa shape index (κ3) is 12.3. The van der Waals surface area contributed by atoms with Crippen LogP contribution in [0.15, 0.2) is 152 Å². The van der Waals surface area contributed by atoms with Crippen LogP contribution in [0.25, 0.3) is 90.9 Å². The third-order valence-corrected chi connectivity index (χ3v) is 12.5. The van der Waals surface area contributed by atoms with Gasteiger partial charge in [0.1, 0.15) is 24.0 Å². The van der Waals surface area contributed by atoms with Crippen molar-refractivity contribution in [1.82, 2.24) is 30.6 Å². The summed E-state index contributed by atoms with van der Waals surface area (Å²) in [6, 6.07) is 46.7. The minimum atomic E-state index is -0.880. The van der Waals surface area contributed by atoms with Crippen LogP contribution in [-0.2, 0) is 19.1 Å². The van der Waals surface area contributed by atoms with E-state index in [-0.39, 0.29) is 18.9 Å². The summed E-state index contributed by atoms with van der Waals surface area (Å²) in [5.41, 5.74) is 14.2. The lowest BCUT2D eigenvalue weighted by Crippen LogP contribution is -2.44. The van der Waals surface area contributed by atoms with Crippen molar-refractivity contribution >= 4 is 64.3 Å². The number of hydrogen-bond donors (Lipinski definition) is 4. The maximum absolute atomic E-state index is 12.8. The molecule has 7 aromatic rings. The number of benzene rings is 4. The maximum Gasteiger partial charge on any atom is 0.408 e. The van der Waals surface area contributed by atoms with E-state index in [1.54, 1.807) is 20.8 Å². The highest BCUT2D eigenvalue weighted by atomic mass is 16.6. The zero-order valence-corrected chi connectivity index (χ0v) is 42.0. The van der Waals surface area contributed by atoms with E-state index in [0.29, 0.717) is 44.6 Å². The zero-order valence-electron chi connectivity index (χ0n) is 42.0. The molecule has 0 saturated carbocycles. The molecular weight excluding hydrogens is 925 g/mol. The van der Waals surface area contributed by atoms with Crippen molar-refractivity contribution < 1.29 is 28.6 Å². The second-order valence-corrected chi connectivity index (χ2v) is 19.0. The van der Waals surface area contributed by atoms with Crippen molar-refractivity contribution in [2.24, 2.45) is 0 Å². The topological polar surface area (TPSA) is 160 Å². The van der Waals surface area contributed by atoms with Crippen molar-refractivity contribution in [2.45, 2.75) is 64.5 Å². The van der Waals surface area contributed by atoms with Crippen LogP contribution in [-0.4, -0.2) is 69.3 Å². The molecule has 2 aliphatic rings. The monoisotopic (exact) mass is 984 g/mol. The molecule has 0 unspecified atom stereocenters. The normalized spacial score (nSPS) is 12.2. The maximum atomic E-state index is 12.8. The minimum absolute atomic E-state index is 0.0337. The molecule has 5 heterocycles. The number of aromatic nitrogens is 4. The second-order valence-electron chi connectivity index (χ2n) is 19.0. The molecule has 374 valence electrons. The van der Waals surface area contributed by atoms with Crippen LogP contribution in [0.1, 0.15) is 75.7 Å². The Kier molecular flexibility index (Phi) is 15.7. The number of fused-ring (bicyclic) bond motifs is 8. The summed E-state index contributed by atoms with van der Waals surface area (Å²) in [7, 11) is 0. The molecule has 2 amide bonds. The lowest BCUT2D eigenvalue weighted by atomic mass is 10.0. The first kappa shape index (κ1) is 50.2. The number of nitrogens with zero attached hydrogens (tertiary/aromatic N) is 2. The average Bonchev–Trinajstić information content (AvgIpc) is 4.26. The molecule has 0 saturated heterocycles. The molecule has 2 aliphatic heterocycles. The molecule has 0 radical (unpaired) electrons. The van der Waals surface area contributed by atoms with Crippen molar-refractivity contribution in [3.63, 3.8) is 0 Å². The number of esters is 1. The summed E-state index contributed by atoms with van der Waals surface area (Å²) in [4.78, 5) is 56.2. The van der Waals surface area contributed by atoms with Crippen LogP contribution in [0.3, 0.4) is 0 Å². The summed E-state index contributed by atoms with van der Waals surface area (Å²) >= 11 is 0. The number of ether oxygens (including phenoxy) is 3. The Morgan fingerprint density at radius 2 is 1.04 bits per heavy atom. The summed E-state index contributed by atoms with van der Waals surface area (Å²) in [5.74, 6) is 0.0192. The molecule has 4 N–H and O–H groups in total. The molecule has 0 spiro atoms. The molecule has 12 heteroatoms. The predicted molar refractivity (Wildman–Crippen MR) is 297 cm³/mol. The Bertz CT molecular complexity index is 3330. The van der Waals surface area contributed by atoms with E-state index in [2.05, 4.69) is 124 Å². The first-order chi connectivity index (χ1) is 36.0. The smallest absolute Gasteiger partial charge is 0.408 e. The molecule has 9 rings (SSSR count). The molecule has 74 heavy (non-hydrogen) atoms. The number of nitrogens with one attached hydrogen (secondary N) is 4. The van der Waals surface area contributed by atoms with Crippen LogP contribution in [0.4, 0.5) is 4.79 Å². The van der Waals surface area contributed by atoms with Crippen molar-refractivity contribution in [2.75, 3.05) is 19.8 Å². The van der Waals surface area contributed by atoms with Gasteiger partial charge < -0.3 is 34.8 Å². The largest absolute Gasteiger partial charge is 0.494 e. The number of carbonyl (C=O) groups is 3. The van der Waals surface area contributed by atoms with E-state index < -0.39 is 23.7 Å². The van der Waals surface area contributed by atoms with Gasteiger partial charge in [-0.2, -0.15) is 0 Å². The van der Waals surface area contributed by atoms with Crippen LogP contribution < -0.4 is 15.4 Å². The van der Waals surface area contributed by atoms with E-state index in [0.717, 1.165) is 89.4 Å². The van der Waals surface area contributed by atoms with Crippen LogP contribution in [0.5, 0.6) is 5.75 Å². The minimum Gasteiger partial charge on any atom is -0.494 e. The molecular formula is C62H60N6O6. The van der Waals surface area contributed by atoms with Gasteiger partial charge in [-0.3, -0.25) is 4.79 Å². The fourth-order valence-electron chi connectivity index (χ4n) is 9.11. The SMILES string of the molecule is C=CCOC(=O)[C@H](CCCCNC(=O)CCCOc1ccc(-c2c3nc(c(-c4ccccc4)c4ccc([nH]4)c(-c4ccccc4)c4nc(c(-c5ccccc5)c5ccc2[nH]5)C=C4)C=C3)cc1)NC(=O)OC(C)(C)C. The van der Waals surface area contributed by atoms with Gasteiger partial charge in [0.15, 0.2) is 0 Å². The number of unbranched alkanes of at least 4 members (excludes halogenated alkanes) is 1. The van der Waals surface area contributed by atoms with Gasteiger partial charge in [0.05, 0.1) is 29.4 Å². The Labute approximate surface area is 431 Å². The number of aromatic amines is 2. The number of H-pyrrole nitrogens is 2. The molecule has 4 aromatic carbocycles. The first-order valence-corrected chi connectivity index (χ1v) is 25.1. The molecule has 0 fully saturated rings. The third-order valence-electron chi connectivity index (χ3n) is 12.5. The van der Waals surface area contributed by atoms with Crippen molar-refractivity contribution in [3.05, 3.63) is 175 Å². The van der Waals surface area contributed by atoms with Gasteiger partial charge in [0, 0.05) is 57.3 Å². The quantitative estimate of drug-likeness (QED) is 0.0375. The Morgan fingerprint density at radius 3 is 1.47 bits per heavy atom. The highest BCUT2D eigenvalue weighted by Crippen LogP contribution is 2.38. The lowest BCUT2D eigenvalue weighted by Gasteiger charge is -2.22. The van der Waals surface area contributed by atoms with E-state index in [1.807, 2.05) is 66.7 Å². The molecule has 8 bridgehead atoms. The van der Waals surface area contributed by atoms with Gasteiger partial charge in [-0.05, 0) is 129 Å². The fourth-order valence-corrected chi connectivity index (χ4v) is 9.11. The number of hydrogen-bond acceptors (Lipinski definition) is 8. The van der Waals surface area contributed by atoms with Crippen molar-refractivity contribution in [3.8, 4) is 50.3 Å². The van der Waals surface area contributed by atoms with E-state index in [4.69, 9.17) is 24.2 Å². The van der Waals surface area contributed by atoms with Gasteiger partial charge in [-0.25, -0.2) is 19.6 Å². The Morgan fingerprint density at radius 1 is 0.595 bits per heavy atom. The molecule has 0 aliphatic carbocycles. The van der Waals surface area contributed by atoms with Gasteiger partial charge in [0.25, 0.3) is 0 Å². The number of alkyl carbamates (subject to hydrolysis) is 1. The van der Waals surface area contributed by atoms with Gasteiger partial charge in [-0.15, -0.1) is 0 Å². The highest BCUT2D eigenvalue weighted by molar-refractivity contribution is 6.00. The summed E-state index contributed by atoms with van der Waals surface area (Å²) in [6.45, 7) is 9.62. The van der Waals surface area contributed by atoms with Crippen LogP contribution in [0, 0.1) is 0 Å². The number of amides is 2. The van der Waals surface area contributed by atoms with Gasteiger partial charge in [0.2, 0.25) is 5.91 Å². The van der Waals surface area contributed by atoms with E-state index >= 15 is 0 Å². The summed E-state index contributed by atoms with van der Waals surface area (Å²) in [6.07, 6.45) is 11.5. The molecule has 1 atom stereocenters. The van der Waals surface area contributed by atoms with Crippen molar-refractivity contribution in [1.29, 1.82) is 0 Å². The Hall–Kier alpha value is -8.77. The first-order valence-electron chi connectivity index (χ1n) is 25.1. The standard InChI is InChI=1S/C62H60N6O6/c1-5-39-73-60(70)54(68-61(71)74-62(2,3)4)24-15-16-38-63-55(69)25-17-40-72-45-28-26-44(27-29-45)59-52-36-34-50(66-52)57(42-20-11-7-12-21-42)48-32-30-46(64-48)56(41-18-9-6-10-19-41)47-31-33-49(65-47)58(43-22-13-8-14-23-43)51-35-37-53(59)67-51/h5-14,18-23,26-37,54,64,67H,1,15-17,24-25,38-40H2,2-4H3,(H,63,69)(H,68,71)/t54-/m0/s1. The zero-order chi connectivity index (χ0) is 51.4. The molecule has 3 aromatic heterocycles. The average molecular weight is 985 g/mol. The predicted octanol–water partition coefficient (Wildman–Crippen LogP) is 13.4. The second kappa shape index (κ2) is 23.2. The fraction of sp³-hybridized carbons (Fsp3) is 0.210. The number of rotatable bonds is 18.